The predicted octanol–water partition coefficient (Wildman–Crippen LogP) is 0.921. The summed E-state index contributed by atoms with van der Waals surface area (Å²) in [5.41, 5.74) is 0.0901. The van der Waals surface area contributed by atoms with Crippen molar-refractivity contribution in [3.63, 3.8) is 0 Å². The Hall–Kier alpha value is -1.13. The maximum atomic E-state index is 11.6. The van der Waals surface area contributed by atoms with Crippen LogP contribution in [-0.2, 0) is 6.54 Å². The molecule has 4 nitrogen and oxygen atoms in total. The van der Waals surface area contributed by atoms with Gasteiger partial charge in [-0.25, -0.2) is 0 Å². The Labute approximate surface area is 109 Å². The van der Waals surface area contributed by atoms with Crippen molar-refractivity contribution in [3.05, 3.63) is 34.7 Å². The molecule has 2 atom stereocenters. The highest BCUT2D eigenvalue weighted by Gasteiger charge is 2.23. The SMILES string of the molecule is CCC1CN(CCn2ccccc2=O)C(C)CN1. The highest BCUT2D eigenvalue weighted by Crippen LogP contribution is 2.08. The van der Waals surface area contributed by atoms with E-state index in [0.717, 1.165) is 32.6 Å². The Morgan fingerprint density at radius 2 is 2.22 bits per heavy atom. The molecule has 100 valence electrons. The smallest absolute Gasteiger partial charge is 0.250 e. The van der Waals surface area contributed by atoms with Crippen LogP contribution in [0.25, 0.3) is 0 Å². The summed E-state index contributed by atoms with van der Waals surface area (Å²) < 4.78 is 1.79. The molecule has 0 spiro atoms. The van der Waals surface area contributed by atoms with E-state index in [-0.39, 0.29) is 5.56 Å². The van der Waals surface area contributed by atoms with Gasteiger partial charge in [0.2, 0.25) is 0 Å². The van der Waals surface area contributed by atoms with Crippen molar-refractivity contribution >= 4 is 0 Å². The number of aromatic nitrogens is 1. The molecule has 1 saturated heterocycles. The number of rotatable bonds is 4. The van der Waals surface area contributed by atoms with Gasteiger partial charge in [-0.15, -0.1) is 0 Å². The monoisotopic (exact) mass is 249 g/mol. The molecule has 0 saturated carbocycles. The van der Waals surface area contributed by atoms with Crippen LogP contribution in [0.3, 0.4) is 0 Å². The highest BCUT2D eigenvalue weighted by atomic mass is 16.1. The minimum atomic E-state index is 0.0901. The van der Waals surface area contributed by atoms with Crippen LogP contribution in [0.15, 0.2) is 29.2 Å². The maximum Gasteiger partial charge on any atom is 0.250 e. The first-order chi connectivity index (χ1) is 8.70. The van der Waals surface area contributed by atoms with Gasteiger partial charge in [-0.2, -0.15) is 0 Å². The van der Waals surface area contributed by atoms with Crippen molar-refractivity contribution < 1.29 is 0 Å². The molecule has 1 N–H and O–H groups in total. The fourth-order valence-electron chi connectivity index (χ4n) is 2.46. The van der Waals surface area contributed by atoms with Gasteiger partial charge in [0.25, 0.3) is 5.56 Å². The van der Waals surface area contributed by atoms with Gasteiger partial charge in [0.15, 0.2) is 0 Å². The van der Waals surface area contributed by atoms with Gasteiger partial charge in [-0.3, -0.25) is 9.69 Å². The van der Waals surface area contributed by atoms with Crippen LogP contribution in [-0.4, -0.2) is 41.2 Å². The molecular formula is C14H23N3O. The standard InChI is InChI=1S/C14H23N3O/c1-3-13-11-17(12(2)10-15-13)9-8-16-7-5-4-6-14(16)18/h4-7,12-13,15H,3,8-11H2,1-2H3. The highest BCUT2D eigenvalue weighted by molar-refractivity contribution is 4.93. The average molecular weight is 249 g/mol. The van der Waals surface area contributed by atoms with Crippen molar-refractivity contribution in [2.24, 2.45) is 0 Å². The van der Waals surface area contributed by atoms with E-state index in [9.17, 15) is 4.79 Å². The van der Waals surface area contributed by atoms with Gasteiger partial charge in [0.05, 0.1) is 0 Å². The molecule has 0 radical (unpaired) electrons. The van der Waals surface area contributed by atoms with E-state index in [4.69, 9.17) is 0 Å². The van der Waals surface area contributed by atoms with Gasteiger partial charge in [-0.1, -0.05) is 13.0 Å². The van der Waals surface area contributed by atoms with Gasteiger partial charge in [-0.05, 0) is 19.4 Å². The van der Waals surface area contributed by atoms with E-state index in [1.54, 1.807) is 16.7 Å². The van der Waals surface area contributed by atoms with Crippen LogP contribution in [0.1, 0.15) is 20.3 Å². The molecule has 1 fully saturated rings. The molecule has 4 heteroatoms. The minimum Gasteiger partial charge on any atom is -0.314 e. The minimum absolute atomic E-state index is 0.0901. The topological polar surface area (TPSA) is 37.3 Å². The van der Waals surface area contributed by atoms with Crippen LogP contribution in [0.4, 0.5) is 0 Å². The van der Waals surface area contributed by atoms with E-state index < -0.39 is 0 Å². The van der Waals surface area contributed by atoms with E-state index in [0.29, 0.717) is 12.1 Å². The number of nitrogens with one attached hydrogen (secondary N) is 1. The zero-order chi connectivity index (χ0) is 13.0. The Bertz CT molecular complexity index is 429. The van der Waals surface area contributed by atoms with Crippen molar-refractivity contribution in [2.45, 2.75) is 38.9 Å². The Morgan fingerprint density at radius 3 is 2.94 bits per heavy atom. The molecule has 2 rings (SSSR count). The van der Waals surface area contributed by atoms with Crippen LogP contribution in [0.2, 0.25) is 0 Å². The summed E-state index contributed by atoms with van der Waals surface area (Å²) in [5, 5.41) is 3.55. The van der Waals surface area contributed by atoms with E-state index in [1.165, 1.54) is 0 Å². The molecule has 0 bridgehead atoms. The number of hydrogen-bond acceptors (Lipinski definition) is 3. The summed E-state index contributed by atoms with van der Waals surface area (Å²) in [6.45, 7) is 8.31. The number of pyridine rings is 1. The molecule has 1 aliphatic rings. The van der Waals surface area contributed by atoms with Crippen LogP contribution < -0.4 is 10.9 Å². The third-order valence-electron chi connectivity index (χ3n) is 3.80. The second-order valence-electron chi connectivity index (χ2n) is 5.09. The first kappa shape index (κ1) is 13.3. The van der Waals surface area contributed by atoms with Gasteiger partial charge < -0.3 is 9.88 Å². The molecule has 1 aromatic rings. The van der Waals surface area contributed by atoms with Gasteiger partial charge in [0.1, 0.15) is 0 Å². The lowest BCUT2D eigenvalue weighted by Gasteiger charge is -2.38. The normalized spacial score (nSPS) is 25.2. The van der Waals surface area contributed by atoms with E-state index >= 15 is 0 Å². The Balaban J connectivity index is 1.93. The molecule has 0 aromatic carbocycles. The Kier molecular flexibility index (Phi) is 4.55. The fourth-order valence-corrected chi connectivity index (χ4v) is 2.46. The molecule has 1 aliphatic heterocycles. The van der Waals surface area contributed by atoms with E-state index in [1.807, 2.05) is 12.3 Å². The Morgan fingerprint density at radius 1 is 1.39 bits per heavy atom. The zero-order valence-electron chi connectivity index (χ0n) is 11.3. The third kappa shape index (κ3) is 3.21. The van der Waals surface area contributed by atoms with Gasteiger partial charge >= 0.3 is 0 Å². The van der Waals surface area contributed by atoms with Crippen LogP contribution in [0.5, 0.6) is 0 Å². The first-order valence-electron chi connectivity index (χ1n) is 6.83. The summed E-state index contributed by atoms with van der Waals surface area (Å²) >= 11 is 0. The number of piperazine rings is 1. The first-order valence-corrected chi connectivity index (χ1v) is 6.83. The fraction of sp³-hybridized carbons (Fsp3) is 0.643. The lowest BCUT2D eigenvalue weighted by molar-refractivity contribution is 0.134. The second kappa shape index (κ2) is 6.16. The lowest BCUT2D eigenvalue weighted by Crippen LogP contribution is -2.55. The number of nitrogens with zero attached hydrogens (tertiary/aromatic N) is 2. The molecule has 2 unspecified atom stereocenters. The third-order valence-corrected chi connectivity index (χ3v) is 3.80. The molecule has 0 aliphatic carbocycles. The van der Waals surface area contributed by atoms with Crippen molar-refractivity contribution in [1.82, 2.24) is 14.8 Å². The maximum absolute atomic E-state index is 11.6. The molecule has 0 amide bonds. The summed E-state index contributed by atoms with van der Waals surface area (Å²) in [7, 11) is 0. The summed E-state index contributed by atoms with van der Waals surface area (Å²) in [6.07, 6.45) is 3.03. The summed E-state index contributed by atoms with van der Waals surface area (Å²) in [5.74, 6) is 0. The van der Waals surface area contributed by atoms with Crippen molar-refractivity contribution in [3.8, 4) is 0 Å². The molecule has 18 heavy (non-hydrogen) atoms. The predicted molar refractivity (Wildman–Crippen MR) is 73.8 cm³/mol. The molecule has 2 heterocycles. The van der Waals surface area contributed by atoms with E-state index in [2.05, 4.69) is 24.1 Å². The summed E-state index contributed by atoms with van der Waals surface area (Å²) in [6, 6.07) is 6.47. The zero-order valence-corrected chi connectivity index (χ0v) is 11.3. The second-order valence-corrected chi connectivity index (χ2v) is 5.09. The lowest BCUT2D eigenvalue weighted by atomic mass is 10.1. The van der Waals surface area contributed by atoms with Crippen molar-refractivity contribution in [2.75, 3.05) is 19.6 Å². The molecular weight excluding hydrogens is 226 g/mol. The quantitative estimate of drug-likeness (QED) is 0.862. The van der Waals surface area contributed by atoms with Crippen LogP contribution >= 0.6 is 0 Å². The number of hydrogen-bond donors (Lipinski definition) is 1. The van der Waals surface area contributed by atoms with Gasteiger partial charge in [0, 0.05) is 50.5 Å². The molecule has 1 aromatic heterocycles. The summed E-state index contributed by atoms with van der Waals surface area (Å²) in [4.78, 5) is 14.1. The largest absolute Gasteiger partial charge is 0.314 e. The average Bonchev–Trinajstić information content (AvgIpc) is 2.39. The van der Waals surface area contributed by atoms with Crippen LogP contribution in [0, 0.1) is 0 Å². The van der Waals surface area contributed by atoms with Crippen molar-refractivity contribution in [1.29, 1.82) is 0 Å².